The van der Waals surface area contributed by atoms with E-state index in [1.165, 1.54) is 6.07 Å². The molecule has 1 unspecified atom stereocenters. The molecule has 1 saturated heterocycles. The van der Waals surface area contributed by atoms with E-state index in [1.54, 1.807) is 18.2 Å². The van der Waals surface area contributed by atoms with Crippen molar-refractivity contribution in [3.63, 3.8) is 0 Å². The van der Waals surface area contributed by atoms with Crippen molar-refractivity contribution in [2.75, 3.05) is 44.2 Å². The second kappa shape index (κ2) is 9.19. The predicted molar refractivity (Wildman–Crippen MR) is 119 cm³/mol. The molecule has 1 atom stereocenters. The molecule has 33 heavy (non-hydrogen) atoms. The Kier molecular flexibility index (Phi) is 5.95. The number of amides is 1. The number of hydrogen-bond acceptors (Lipinski definition) is 7. The lowest BCUT2D eigenvalue weighted by atomic mass is 10.1. The number of piperazine rings is 1. The molecule has 9 heteroatoms. The molecule has 3 heterocycles. The van der Waals surface area contributed by atoms with E-state index < -0.39 is 6.10 Å². The number of rotatable bonds is 4. The highest BCUT2D eigenvalue weighted by Crippen LogP contribution is 2.32. The van der Waals surface area contributed by atoms with Crippen LogP contribution in [-0.2, 0) is 11.3 Å². The number of carbonyl (C=O) groups excluding carboxylic acids is 1. The summed E-state index contributed by atoms with van der Waals surface area (Å²) in [4.78, 5) is 19.2. The van der Waals surface area contributed by atoms with Crippen molar-refractivity contribution in [1.82, 2.24) is 20.1 Å². The van der Waals surface area contributed by atoms with E-state index in [4.69, 9.17) is 9.37 Å². The van der Waals surface area contributed by atoms with Gasteiger partial charge in [-0.25, -0.2) is 9.02 Å². The Bertz CT molecular complexity index is 1130. The molecule has 3 aromatic rings. The van der Waals surface area contributed by atoms with Crippen LogP contribution < -0.4 is 9.64 Å². The summed E-state index contributed by atoms with van der Waals surface area (Å²) in [6.45, 7) is 5.63. The van der Waals surface area contributed by atoms with Crippen molar-refractivity contribution >= 4 is 11.7 Å². The van der Waals surface area contributed by atoms with Crippen molar-refractivity contribution in [1.29, 1.82) is 0 Å². The monoisotopic (exact) mass is 451 g/mol. The Labute approximate surface area is 191 Å². The number of benzene rings is 2. The average Bonchev–Trinajstić information content (AvgIpc) is 3.17. The number of fused-ring (bicyclic) bond motifs is 1. The van der Waals surface area contributed by atoms with Crippen LogP contribution in [-0.4, -0.2) is 65.3 Å². The standard InChI is InChI=1S/C24H26FN5O3/c1-17-24(27-33-26-17)30-12-10-29(11-13-30)23(31)16-28-14-18-6-2-5-9-21(18)32-22(15-28)19-7-3-4-8-20(19)25/h2-9,22H,10-16H2,1H3. The largest absolute Gasteiger partial charge is 0.484 e. The van der Waals surface area contributed by atoms with Gasteiger partial charge in [0.05, 0.1) is 6.54 Å². The maximum absolute atomic E-state index is 14.6. The topological polar surface area (TPSA) is 74.9 Å². The molecular formula is C24H26FN5O3. The van der Waals surface area contributed by atoms with Crippen molar-refractivity contribution in [2.45, 2.75) is 19.6 Å². The van der Waals surface area contributed by atoms with Gasteiger partial charge >= 0.3 is 0 Å². The van der Waals surface area contributed by atoms with Crippen LogP contribution in [0.25, 0.3) is 0 Å². The SMILES string of the molecule is Cc1nonc1N1CCN(C(=O)CN2Cc3ccccc3OC(c3ccccc3F)C2)CC1. The Morgan fingerprint density at radius 1 is 1.06 bits per heavy atom. The molecule has 1 amide bonds. The number of ether oxygens (including phenoxy) is 1. The van der Waals surface area contributed by atoms with Gasteiger partial charge in [-0.1, -0.05) is 41.6 Å². The Hall–Kier alpha value is -3.46. The fourth-order valence-corrected chi connectivity index (χ4v) is 4.47. The molecule has 0 N–H and O–H groups in total. The third-order valence-electron chi connectivity index (χ3n) is 6.23. The van der Waals surface area contributed by atoms with Gasteiger partial charge in [-0.05, 0) is 24.2 Å². The van der Waals surface area contributed by atoms with Crippen LogP contribution in [0.4, 0.5) is 10.2 Å². The molecule has 2 aliphatic rings. The molecule has 1 fully saturated rings. The van der Waals surface area contributed by atoms with Crippen molar-refractivity contribution in [3.05, 3.63) is 71.2 Å². The second-order valence-corrected chi connectivity index (χ2v) is 8.45. The maximum Gasteiger partial charge on any atom is 0.236 e. The summed E-state index contributed by atoms with van der Waals surface area (Å²) < 4.78 is 25.6. The summed E-state index contributed by atoms with van der Waals surface area (Å²) in [5.41, 5.74) is 2.23. The molecule has 8 nitrogen and oxygen atoms in total. The minimum atomic E-state index is -0.498. The first-order valence-electron chi connectivity index (χ1n) is 11.1. The van der Waals surface area contributed by atoms with Crippen LogP contribution >= 0.6 is 0 Å². The van der Waals surface area contributed by atoms with Crippen LogP contribution in [0.2, 0.25) is 0 Å². The highest BCUT2D eigenvalue weighted by molar-refractivity contribution is 5.78. The zero-order valence-electron chi connectivity index (χ0n) is 18.5. The van der Waals surface area contributed by atoms with Crippen molar-refractivity contribution in [3.8, 4) is 5.75 Å². The van der Waals surface area contributed by atoms with Gasteiger partial charge in [-0.2, -0.15) is 0 Å². The minimum Gasteiger partial charge on any atom is -0.484 e. The summed E-state index contributed by atoms with van der Waals surface area (Å²) in [7, 11) is 0. The maximum atomic E-state index is 14.6. The van der Waals surface area contributed by atoms with Crippen molar-refractivity contribution < 1.29 is 18.6 Å². The van der Waals surface area contributed by atoms with Gasteiger partial charge in [0.2, 0.25) is 5.91 Å². The number of hydrogen-bond donors (Lipinski definition) is 0. The van der Waals surface area contributed by atoms with Gasteiger partial charge in [0, 0.05) is 50.4 Å². The van der Waals surface area contributed by atoms with Gasteiger partial charge in [-0.15, -0.1) is 0 Å². The van der Waals surface area contributed by atoms with E-state index in [2.05, 4.69) is 15.2 Å². The molecule has 2 aliphatic heterocycles. The summed E-state index contributed by atoms with van der Waals surface area (Å²) in [5, 5.41) is 7.80. The fraction of sp³-hybridized carbons (Fsp3) is 0.375. The van der Waals surface area contributed by atoms with Gasteiger partial charge in [0.15, 0.2) is 5.82 Å². The Morgan fingerprint density at radius 2 is 1.82 bits per heavy atom. The molecule has 172 valence electrons. The summed E-state index contributed by atoms with van der Waals surface area (Å²) >= 11 is 0. The highest BCUT2D eigenvalue weighted by atomic mass is 19.1. The number of anilines is 1. The van der Waals surface area contributed by atoms with Crippen LogP contribution in [0.15, 0.2) is 53.2 Å². The Balaban J connectivity index is 1.28. The van der Waals surface area contributed by atoms with Gasteiger partial charge in [0.1, 0.15) is 23.4 Å². The lowest BCUT2D eigenvalue weighted by Gasteiger charge is -2.35. The number of aryl methyl sites for hydroxylation is 1. The quantitative estimate of drug-likeness (QED) is 0.604. The van der Waals surface area contributed by atoms with Gasteiger partial charge in [-0.3, -0.25) is 9.69 Å². The number of aromatic nitrogens is 2. The molecule has 2 aromatic carbocycles. The van der Waals surface area contributed by atoms with Gasteiger partial charge in [0.25, 0.3) is 0 Å². The smallest absolute Gasteiger partial charge is 0.236 e. The molecule has 1 aromatic heterocycles. The zero-order chi connectivity index (χ0) is 22.8. The molecule has 0 radical (unpaired) electrons. The second-order valence-electron chi connectivity index (χ2n) is 8.45. The molecular weight excluding hydrogens is 425 g/mol. The lowest BCUT2D eigenvalue weighted by molar-refractivity contribution is -0.133. The van der Waals surface area contributed by atoms with E-state index in [0.717, 1.165) is 22.8 Å². The molecule has 0 saturated carbocycles. The average molecular weight is 452 g/mol. The fourth-order valence-electron chi connectivity index (χ4n) is 4.47. The Morgan fingerprint density at radius 3 is 2.58 bits per heavy atom. The first kappa shape index (κ1) is 21.4. The zero-order valence-corrected chi connectivity index (χ0v) is 18.5. The van der Waals surface area contributed by atoms with E-state index >= 15 is 0 Å². The first-order valence-corrected chi connectivity index (χ1v) is 11.1. The third-order valence-corrected chi connectivity index (χ3v) is 6.23. The van der Waals surface area contributed by atoms with E-state index in [0.29, 0.717) is 44.8 Å². The summed E-state index contributed by atoms with van der Waals surface area (Å²) in [6, 6.07) is 14.4. The lowest BCUT2D eigenvalue weighted by Crippen LogP contribution is -2.51. The first-order chi connectivity index (χ1) is 16.1. The number of para-hydroxylation sites is 1. The van der Waals surface area contributed by atoms with Crippen LogP contribution in [0.1, 0.15) is 22.9 Å². The number of nitrogens with zero attached hydrogens (tertiary/aromatic N) is 5. The van der Waals surface area contributed by atoms with Crippen LogP contribution in [0.5, 0.6) is 5.75 Å². The minimum absolute atomic E-state index is 0.0521. The summed E-state index contributed by atoms with van der Waals surface area (Å²) in [5.74, 6) is 1.21. The molecule has 0 bridgehead atoms. The number of halogens is 1. The summed E-state index contributed by atoms with van der Waals surface area (Å²) in [6.07, 6.45) is -0.498. The molecule has 0 spiro atoms. The van der Waals surface area contributed by atoms with E-state index in [1.807, 2.05) is 41.0 Å². The van der Waals surface area contributed by atoms with Gasteiger partial charge < -0.3 is 14.5 Å². The van der Waals surface area contributed by atoms with E-state index in [9.17, 15) is 9.18 Å². The molecule has 0 aliphatic carbocycles. The predicted octanol–water partition coefficient (Wildman–Crippen LogP) is 2.80. The number of carbonyl (C=O) groups is 1. The van der Waals surface area contributed by atoms with E-state index in [-0.39, 0.29) is 18.3 Å². The normalized spacial score (nSPS) is 19.0. The third kappa shape index (κ3) is 4.54. The van der Waals surface area contributed by atoms with Crippen molar-refractivity contribution in [2.24, 2.45) is 0 Å². The van der Waals surface area contributed by atoms with Crippen LogP contribution in [0, 0.1) is 12.7 Å². The highest BCUT2D eigenvalue weighted by Gasteiger charge is 2.30. The van der Waals surface area contributed by atoms with Crippen LogP contribution in [0.3, 0.4) is 0 Å². The molecule has 5 rings (SSSR count).